The number of hydrogen-bond acceptors (Lipinski definition) is 5. The summed E-state index contributed by atoms with van der Waals surface area (Å²) in [6, 6.07) is 10.9. The molecule has 1 heterocycles. The number of fused-ring (bicyclic) bond motifs is 1. The maximum atomic E-state index is 12.5. The van der Waals surface area contributed by atoms with Gasteiger partial charge in [-0.2, -0.15) is 0 Å². The second-order valence-electron chi connectivity index (χ2n) is 6.64. The van der Waals surface area contributed by atoms with Crippen LogP contribution in [0.25, 0.3) is 0 Å². The number of anilines is 1. The smallest absolute Gasteiger partial charge is 0.251 e. The highest BCUT2D eigenvalue weighted by molar-refractivity contribution is 5.97. The van der Waals surface area contributed by atoms with Crippen molar-refractivity contribution in [2.45, 2.75) is 13.0 Å². The Hall–Kier alpha value is -3.06. The molecule has 148 valence electrons. The average molecular weight is 383 g/mol. The third-order valence-electron chi connectivity index (χ3n) is 4.80. The maximum absolute atomic E-state index is 12.5. The van der Waals surface area contributed by atoms with Crippen LogP contribution < -0.4 is 20.1 Å². The van der Waals surface area contributed by atoms with E-state index in [1.54, 1.807) is 45.5 Å². The van der Waals surface area contributed by atoms with Gasteiger partial charge in [0.05, 0.1) is 20.8 Å². The quantitative estimate of drug-likeness (QED) is 0.798. The second-order valence-corrected chi connectivity index (χ2v) is 6.64. The Kier molecular flexibility index (Phi) is 6.16. The average Bonchev–Trinajstić information content (AvgIpc) is 2.72. The number of carbonyl (C=O) groups excluding carboxylic acids is 2. The number of nitrogens with zero attached hydrogens (tertiary/aromatic N) is 1. The lowest BCUT2D eigenvalue weighted by atomic mass is 9.99. The Morgan fingerprint density at radius 2 is 1.79 bits per heavy atom. The number of carbonyl (C=O) groups is 2. The van der Waals surface area contributed by atoms with E-state index < -0.39 is 0 Å². The summed E-state index contributed by atoms with van der Waals surface area (Å²) in [4.78, 5) is 26.3. The Balaban J connectivity index is 1.64. The van der Waals surface area contributed by atoms with Crippen molar-refractivity contribution in [1.82, 2.24) is 10.2 Å². The predicted octanol–water partition coefficient (Wildman–Crippen LogP) is 2.06. The Morgan fingerprint density at radius 3 is 2.46 bits per heavy atom. The van der Waals surface area contributed by atoms with Crippen molar-refractivity contribution in [3.8, 4) is 11.5 Å². The van der Waals surface area contributed by atoms with Crippen LogP contribution in [0.4, 0.5) is 5.69 Å². The molecular weight excluding hydrogens is 358 g/mol. The summed E-state index contributed by atoms with van der Waals surface area (Å²) in [5.74, 6) is 1.12. The van der Waals surface area contributed by atoms with E-state index in [1.165, 1.54) is 5.56 Å². The van der Waals surface area contributed by atoms with Crippen molar-refractivity contribution < 1.29 is 19.1 Å². The van der Waals surface area contributed by atoms with E-state index in [0.717, 1.165) is 24.3 Å². The molecule has 7 nitrogen and oxygen atoms in total. The van der Waals surface area contributed by atoms with Gasteiger partial charge in [0, 0.05) is 31.4 Å². The summed E-state index contributed by atoms with van der Waals surface area (Å²) in [5, 5.41) is 5.44. The minimum atomic E-state index is -0.187. The number of hydrogen-bond donors (Lipinski definition) is 2. The standard InChI is InChI=1S/C21H25N3O4/c1-22-21(26)15-5-4-6-17(9-15)23-20(25)13-24-8-7-14-10-18(27-2)19(28-3)11-16(14)12-24/h4-6,9-11H,7-8,12-13H2,1-3H3,(H,22,26)(H,23,25). The predicted molar refractivity (Wildman–Crippen MR) is 107 cm³/mol. The molecule has 1 aliphatic rings. The first kappa shape index (κ1) is 19.7. The number of benzene rings is 2. The van der Waals surface area contributed by atoms with E-state index in [2.05, 4.69) is 15.5 Å². The summed E-state index contributed by atoms with van der Waals surface area (Å²) in [6.07, 6.45) is 0.842. The van der Waals surface area contributed by atoms with Crippen LogP contribution in [0.15, 0.2) is 36.4 Å². The molecule has 0 saturated carbocycles. The van der Waals surface area contributed by atoms with Crippen LogP contribution in [0.3, 0.4) is 0 Å². The molecule has 0 spiro atoms. The molecule has 2 aromatic carbocycles. The van der Waals surface area contributed by atoms with E-state index in [0.29, 0.717) is 23.5 Å². The van der Waals surface area contributed by atoms with Gasteiger partial charge in [-0.15, -0.1) is 0 Å². The first-order chi connectivity index (χ1) is 13.5. The van der Waals surface area contributed by atoms with Crippen LogP contribution >= 0.6 is 0 Å². The lowest BCUT2D eigenvalue weighted by molar-refractivity contribution is -0.117. The molecule has 0 radical (unpaired) electrons. The summed E-state index contributed by atoms with van der Waals surface area (Å²) >= 11 is 0. The lowest BCUT2D eigenvalue weighted by Crippen LogP contribution is -2.37. The van der Waals surface area contributed by atoms with Gasteiger partial charge in [0.25, 0.3) is 5.91 Å². The number of ether oxygens (including phenoxy) is 2. The minimum absolute atomic E-state index is 0.113. The fourth-order valence-corrected chi connectivity index (χ4v) is 3.36. The van der Waals surface area contributed by atoms with Gasteiger partial charge < -0.3 is 20.1 Å². The Bertz CT molecular complexity index is 882. The van der Waals surface area contributed by atoms with E-state index >= 15 is 0 Å². The molecule has 0 fully saturated rings. The highest BCUT2D eigenvalue weighted by Gasteiger charge is 2.21. The molecule has 28 heavy (non-hydrogen) atoms. The monoisotopic (exact) mass is 383 g/mol. The molecule has 0 unspecified atom stereocenters. The van der Waals surface area contributed by atoms with Gasteiger partial charge in [-0.3, -0.25) is 14.5 Å². The van der Waals surface area contributed by atoms with Crippen molar-refractivity contribution in [3.63, 3.8) is 0 Å². The van der Waals surface area contributed by atoms with Gasteiger partial charge in [-0.1, -0.05) is 6.07 Å². The molecule has 2 N–H and O–H groups in total. The molecular formula is C21H25N3O4. The number of amides is 2. The zero-order chi connectivity index (χ0) is 20.1. The van der Waals surface area contributed by atoms with E-state index in [-0.39, 0.29) is 18.4 Å². The summed E-state index contributed by atoms with van der Waals surface area (Å²) in [6.45, 7) is 1.73. The molecule has 2 aromatic rings. The first-order valence-corrected chi connectivity index (χ1v) is 9.12. The van der Waals surface area contributed by atoms with Crippen molar-refractivity contribution >= 4 is 17.5 Å². The third-order valence-corrected chi connectivity index (χ3v) is 4.80. The van der Waals surface area contributed by atoms with E-state index in [4.69, 9.17) is 9.47 Å². The van der Waals surface area contributed by atoms with Gasteiger partial charge in [-0.25, -0.2) is 0 Å². The van der Waals surface area contributed by atoms with Crippen molar-refractivity contribution in [2.75, 3.05) is 39.7 Å². The van der Waals surface area contributed by atoms with Crippen LogP contribution in [0.1, 0.15) is 21.5 Å². The van der Waals surface area contributed by atoms with Crippen molar-refractivity contribution in [1.29, 1.82) is 0 Å². The third kappa shape index (κ3) is 4.43. The fourth-order valence-electron chi connectivity index (χ4n) is 3.36. The largest absolute Gasteiger partial charge is 0.493 e. The summed E-state index contributed by atoms with van der Waals surface area (Å²) in [7, 11) is 4.82. The highest BCUT2D eigenvalue weighted by atomic mass is 16.5. The van der Waals surface area contributed by atoms with Crippen LogP contribution in [0.5, 0.6) is 11.5 Å². The molecule has 2 amide bonds. The normalized spacial score (nSPS) is 13.4. The van der Waals surface area contributed by atoms with Crippen molar-refractivity contribution in [2.24, 2.45) is 0 Å². The van der Waals surface area contributed by atoms with Crippen LogP contribution in [-0.4, -0.2) is 51.1 Å². The molecule has 3 rings (SSSR count). The summed E-state index contributed by atoms with van der Waals surface area (Å²) in [5.41, 5.74) is 3.47. The Labute approximate surface area is 164 Å². The zero-order valence-corrected chi connectivity index (χ0v) is 16.4. The first-order valence-electron chi connectivity index (χ1n) is 9.12. The topological polar surface area (TPSA) is 79.9 Å². The highest BCUT2D eigenvalue weighted by Crippen LogP contribution is 2.33. The fraction of sp³-hybridized carbons (Fsp3) is 0.333. The molecule has 7 heteroatoms. The summed E-state index contributed by atoms with van der Waals surface area (Å²) < 4.78 is 10.7. The minimum Gasteiger partial charge on any atom is -0.493 e. The van der Waals surface area contributed by atoms with Gasteiger partial charge in [0.15, 0.2) is 11.5 Å². The molecule has 0 aliphatic carbocycles. The second kappa shape index (κ2) is 8.75. The number of nitrogens with one attached hydrogen (secondary N) is 2. The van der Waals surface area contributed by atoms with E-state index in [9.17, 15) is 9.59 Å². The van der Waals surface area contributed by atoms with Crippen molar-refractivity contribution in [3.05, 3.63) is 53.1 Å². The van der Waals surface area contributed by atoms with Gasteiger partial charge >= 0.3 is 0 Å². The number of rotatable bonds is 6. The number of methoxy groups -OCH3 is 2. The van der Waals surface area contributed by atoms with Gasteiger partial charge in [0.1, 0.15) is 0 Å². The Morgan fingerprint density at radius 1 is 1.07 bits per heavy atom. The van der Waals surface area contributed by atoms with E-state index in [1.807, 2.05) is 12.1 Å². The van der Waals surface area contributed by atoms with Gasteiger partial charge in [-0.05, 0) is 47.9 Å². The zero-order valence-electron chi connectivity index (χ0n) is 16.4. The SMILES string of the molecule is CNC(=O)c1cccc(NC(=O)CN2CCc3cc(OC)c(OC)cc3C2)c1. The lowest BCUT2D eigenvalue weighted by Gasteiger charge is -2.29. The molecule has 0 atom stereocenters. The van der Waals surface area contributed by atoms with Crippen LogP contribution in [-0.2, 0) is 17.8 Å². The van der Waals surface area contributed by atoms with Crippen LogP contribution in [0, 0.1) is 0 Å². The van der Waals surface area contributed by atoms with Gasteiger partial charge in [0.2, 0.25) is 5.91 Å². The molecule has 0 bridgehead atoms. The maximum Gasteiger partial charge on any atom is 0.251 e. The molecule has 1 aliphatic heterocycles. The molecule has 0 saturated heterocycles. The molecule has 0 aromatic heterocycles. The van der Waals surface area contributed by atoms with Crippen LogP contribution in [0.2, 0.25) is 0 Å².